The standard InChI is InChI=1S/C18H22N4O3/c23-18(14-3-1-4-14)22-10-2-5-15(11-22)24-12-16-20-17(21-25-16)13-6-8-19-9-7-13/h6-9,14-15H,1-5,10-12H2/t15-/m1/s1. The summed E-state index contributed by atoms with van der Waals surface area (Å²) in [6.07, 6.45) is 8.63. The fourth-order valence-corrected chi connectivity index (χ4v) is 3.31. The molecule has 0 unspecified atom stereocenters. The molecule has 1 saturated carbocycles. The molecule has 2 aromatic heterocycles. The van der Waals surface area contributed by atoms with E-state index in [1.165, 1.54) is 6.42 Å². The number of hydrogen-bond acceptors (Lipinski definition) is 6. The van der Waals surface area contributed by atoms with Crippen molar-refractivity contribution in [2.24, 2.45) is 5.92 Å². The molecule has 7 heteroatoms. The van der Waals surface area contributed by atoms with Gasteiger partial charge in [0.25, 0.3) is 5.89 Å². The highest BCUT2D eigenvalue weighted by Crippen LogP contribution is 2.29. The SMILES string of the molecule is O=C(C1CCC1)N1CCC[C@@H](OCc2nc(-c3ccncc3)no2)C1. The Labute approximate surface area is 146 Å². The van der Waals surface area contributed by atoms with Gasteiger partial charge in [-0.25, -0.2) is 0 Å². The molecule has 7 nitrogen and oxygen atoms in total. The van der Waals surface area contributed by atoms with Crippen LogP contribution in [0.5, 0.6) is 0 Å². The van der Waals surface area contributed by atoms with E-state index >= 15 is 0 Å². The number of pyridine rings is 1. The van der Waals surface area contributed by atoms with Gasteiger partial charge in [-0.3, -0.25) is 9.78 Å². The van der Waals surface area contributed by atoms with E-state index in [-0.39, 0.29) is 18.6 Å². The lowest BCUT2D eigenvalue weighted by Crippen LogP contribution is -2.46. The Morgan fingerprint density at radius 1 is 1.24 bits per heavy atom. The Kier molecular flexibility index (Phi) is 4.74. The van der Waals surface area contributed by atoms with Crippen LogP contribution in [0.2, 0.25) is 0 Å². The van der Waals surface area contributed by atoms with E-state index in [1.807, 2.05) is 17.0 Å². The summed E-state index contributed by atoms with van der Waals surface area (Å²) in [7, 11) is 0. The molecule has 0 N–H and O–H groups in total. The first-order valence-corrected chi connectivity index (χ1v) is 8.93. The first-order chi connectivity index (χ1) is 12.3. The quantitative estimate of drug-likeness (QED) is 0.830. The van der Waals surface area contributed by atoms with Crippen LogP contribution in [0, 0.1) is 5.92 Å². The van der Waals surface area contributed by atoms with Gasteiger partial charge in [-0.1, -0.05) is 11.6 Å². The van der Waals surface area contributed by atoms with E-state index in [9.17, 15) is 4.79 Å². The topological polar surface area (TPSA) is 81.4 Å². The highest BCUT2D eigenvalue weighted by molar-refractivity contribution is 5.79. The van der Waals surface area contributed by atoms with Crippen molar-refractivity contribution in [3.8, 4) is 11.4 Å². The van der Waals surface area contributed by atoms with Crippen LogP contribution in [0.15, 0.2) is 29.0 Å². The summed E-state index contributed by atoms with van der Waals surface area (Å²) in [5.74, 6) is 1.54. The third-order valence-electron chi connectivity index (χ3n) is 4.99. The summed E-state index contributed by atoms with van der Waals surface area (Å²) in [4.78, 5) is 22.7. The average molecular weight is 342 g/mol. The van der Waals surface area contributed by atoms with Crippen LogP contribution in [-0.4, -0.2) is 45.1 Å². The number of rotatable bonds is 5. The molecule has 0 spiro atoms. The highest BCUT2D eigenvalue weighted by Gasteiger charge is 2.32. The molecule has 2 aliphatic rings. The lowest BCUT2D eigenvalue weighted by Gasteiger charge is -2.36. The minimum Gasteiger partial charge on any atom is -0.367 e. The number of ether oxygens (including phenoxy) is 1. The Morgan fingerprint density at radius 3 is 2.84 bits per heavy atom. The number of aromatic nitrogens is 3. The third-order valence-corrected chi connectivity index (χ3v) is 4.99. The first-order valence-electron chi connectivity index (χ1n) is 8.93. The van der Waals surface area contributed by atoms with E-state index in [1.54, 1.807) is 12.4 Å². The molecule has 132 valence electrons. The van der Waals surface area contributed by atoms with Crippen molar-refractivity contribution < 1.29 is 14.1 Å². The number of hydrogen-bond donors (Lipinski definition) is 0. The van der Waals surface area contributed by atoms with Crippen LogP contribution in [0.3, 0.4) is 0 Å². The summed E-state index contributed by atoms with van der Waals surface area (Å²) >= 11 is 0. The second kappa shape index (κ2) is 7.31. The molecule has 1 amide bonds. The van der Waals surface area contributed by atoms with Gasteiger partial charge >= 0.3 is 0 Å². The largest absolute Gasteiger partial charge is 0.367 e. The molecule has 1 aliphatic heterocycles. The molecule has 25 heavy (non-hydrogen) atoms. The van der Waals surface area contributed by atoms with Crippen molar-refractivity contribution >= 4 is 5.91 Å². The van der Waals surface area contributed by atoms with Gasteiger partial charge in [-0.15, -0.1) is 0 Å². The lowest BCUT2D eigenvalue weighted by molar-refractivity contribution is -0.142. The van der Waals surface area contributed by atoms with E-state index in [4.69, 9.17) is 9.26 Å². The van der Waals surface area contributed by atoms with Crippen molar-refractivity contribution in [3.05, 3.63) is 30.4 Å². The number of carbonyl (C=O) groups excluding carboxylic acids is 1. The molecule has 3 heterocycles. The van der Waals surface area contributed by atoms with Gasteiger partial charge in [0.05, 0.1) is 6.10 Å². The predicted molar refractivity (Wildman–Crippen MR) is 89.3 cm³/mol. The Balaban J connectivity index is 1.30. The van der Waals surface area contributed by atoms with E-state index in [0.29, 0.717) is 24.2 Å². The molecule has 1 atom stereocenters. The molecule has 0 radical (unpaired) electrons. The zero-order chi connectivity index (χ0) is 17.1. The fourth-order valence-electron chi connectivity index (χ4n) is 3.31. The Bertz CT molecular complexity index is 714. The normalized spacial score (nSPS) is 21.1. The average Bonchev–Trinajstić information content (AvgIpc) is 3.08. The number of likely N-dealkylation sites (tertiary alicyclic amines) is 1. The number of piperidine rings is 1. The minimum atomic E-state index is 0.0362. The van der Waals surface area contributed by atoms with Crippen LogP contribution < -0.4 is 0 Å². The second-order valence-corrected chi connectivity index (χ2v) is 6.73. The summed E-state index contributed by atoms with van der Waals surface area (Å²) in [6.45, 7) is 1.79. The zero-order valence-electron chi connectivity index (χ0n) is 14.1. The van der Waals surface area contributed by atoms with Crippen molar-refractivity contribution in [2.45, 2.75) is 44.8 Å². The van der Waals surface area contributed by atoms with Crippen LogP contribution in [0.4, 0.5) is 0 Å². The maximum atomic E-state index is 12.4. The van der Waals surface area contributed by atoms with Crippen LogP contribution in [0.1, 0.15) is 38.0 Å². The molecule has 1 saturated heterocycles. The summed E-state index contributed by atoms with van der Waals surface area (Å²) in [5.41, 5.74) is 0.861. The molecular formula is C18H22N4O3. The summed E-state index contributed by atoms with van der Waals surface area (Å²) in [6, 6.07) is 3.67. The zero-order valence-corrected chi connectivity index (χ0v) is 14.1. The van der Waals surface area contributed by atoms with Crippen molar-refractivity contribution in [1.29, 1.82) is 0 Å². The molecule has 0 aromatic carbocycles. The van der Waals surface area contributed by atoms with E-state index in [0.717, 1.165) is 37.8 Å². The van der Waals surface area contributed by atoms with E-state index < -0.39 is 0 Å². The molecular weight excluding hydrogens is 320 g/mol. The minimum absolute atomic E-state index is 0.0362. The molecule has 4 rings (SSSR count). The van der Waals surface area contributed by atoms with Gasteiger partial charge in [0, 0.05) is 37.0 Å². The predicted octanol–water partition coefficient (Wildman–Crippen LogP) is 2.44. The maximum absolute atomic E-state index is 12.4. The number of nitrogens with zero attached hydrogens (tertiary/aromatic N) is 4. The van der Waals surface area contributed by atoms with Crippen LogP contribution in [-0.2, 0) is 16.1 Å². The van der Waals surface area contributed by atoms with Gasteiger partial charge < -0.3 is 14.2 Å². The Morgan fingerprint density at radius 2 is 2.08 bits per heavy atom. The van der Waals surface area contributed by atoms with Gasteiger partial charge in [-0.05, 0) is 37.8 Å². The maximum Gasteiger partial charge on any atom is 0.252 e. The monoisotopic (exact) mass is 342 g/mol. The summed E-state index contributed by atoms with van der Waals surface area (Å²) < 4.78 is 11.2. The van der Waals surface area contributed by atoms with E-state index in [2.05, 4.69) is 15.1 Å². The first kappa shape index (κ1) is 16.2. The number of carbonyl (C=O) groups is 1. The van der Waals surface area contributed by atoms with Crippen LogP contribution in [0.25, 0.3) is 11.4 Å². The number of amides is 1. The highest BCUT2D eigenvalue weighted by atomic mass is 16.5. The summed E-state index contributed by atoms with van der Waals surface area (Å²) in [5, 5.41) is 3.98. The lowest BCUT2D eigenvalue weighted by atomic mass is 9.84. The smallest absolute Gasteiger partial charge is 0.252 e. The van der Waals surface area contributed by atoms with Crippen molar-refractivity contribution in [3.63, 3.8) is 0 Å². The van der Waals surface area contributed by atoms with Gasteiger partial charge in [-0.2, -0.15) is 4.98 Å². The van der Waals surface area contributed by atoms with Gasteiger partial charge in [0.1, 0.15) is 6.61 Å². The van der Waals surface area contributed by atoms with Crippen LogP contribution >= 0.6 is 0 Å². The van der Waals surface area contributed by atoms with Crippen molar-refractivity contribution in [1.82, 2.24) is 20.0 Å². The molecule has 2 aromatic rings. The fraction of sp³-hybridized carbons (Fsp3) is 0.556. The second-order valence-electron chi connectivity index (χ2n) is 6.73. The van der Waals surface area contributed by atoms with Crippen molar-refractivity contribution in [2.75, 3.05) is 13.1 Å². The third kappa shape index (κ3) is 3.71. The van der Waals surface area contributed by atoms with Gasteiger partial charge in [0.15, 0.2) is 0 Å². The Hall–Kier alpha value is -2.28. The molecule has 2 fully saturated rings. The van der Waals surface area contributed by atoms with Gasteiger partial charge in [0.2, 0.25) is 11.7 Å². The molecule has 1 aliphatic carbocycles. The molecule has 0 bridgehead atoms.